The van der Waals surface area contributed by atoms with Crippen LogP contribution in [0.4, 0.5) is 0 Å². The Morgan fingerprint density at radius 3 is 2.11 bits per heavy atom. The minimum Gasteiger partial charge on any atom is -0.497 e. The smallest absolute Gasteiger partial charge is 0.234 e. The fourth-order valence-electron chi connectivity index (χ4n) is 3.23. The van der Waals surface area contributed by atoms with Crippen molar-refractivity contribution < 1.29 is 14.3 Å². The van der Waals surface area contributed by atoms with Crippen LogP contribution in [0.1, 0.15) is 15.9 Å². The van der Waals surface area contributed by atoms with Crippen molar-refractivity contribution in [2.45, 2.75) is 6.54 Å². The van der Waals surface area contributed by atoms with Gasteiger partial charge in [0.2, 0.25) is 5.91 Å². The monoisotopic (exact) mass is 381 g/mol. The van der Waals surface area contributed by atoms with Gasteiger partial charge in [0, 0.05) is 38.3 Å². The highest BCUT2D eigenvalue weighted by Gasteiger charge is 2.21. The number of ketones is 1. The van der Waals surface area contributed by atoms with Gasteiger partial charge in [-0.15, -0.1) is 0 Å². The van der Waals surface area contributed by atoms with E-state index in [1.54, 1.807) is 31.4 Å². The predicted molar refractivity (Wildman–Crippen MR) is 108 cm³/mol. The molecule has 1 N–H and O–H groups in total. The second-order valence-electron chi connectivity index (χ2n) is 6.97. The van der Waals surface area contributed by atoms with Crippen LogP contribution >= 0.6 is 0 Å². The molecular weight excluding hydrogens is 354 g/mol. The molecule has 0 aliphatic carbocycles. The first kappa shape index (κ1) is 20.0. The fourth-order valence-corrected chi connectivity index (χ4v) is 3.23. The molecule has 1 heterocycles. The summed E-state index contributed by atoms with van der Waals surface area (Å²) in [5.74, 6) is 0.888. The van der Waals surface area contributed by atoms with Gasteiger partial charge in [0.1, 0.15) is 5.75 Å². The van der Waals surface area contributed by atoms with Gasteiger partial charge < -0.3 is 10.1 Å². The molecule has 28 heavy (non-hydrogen) atoms. The molecule has 0 radical (unpaired) electrons. The van der Waals surface area contributed by atoms with E-state index >= 15 is 0 Å². The van der Waals surface area contributed by atoms with Gasteiger partial charge in [-0.3, -0.25) is 19.4 Å². The number of Topliss-reactive ketones (excluding diaryl/α,β-unsaturated/α-hetero) is 1. The average molecular weight is 381 g/mol. The van der Waals surface area contributed by atoms with Gasteiger partial charge in [-0.2, -0.15) is 0 Å². The molecule has 2 aromatic carbocycles. The molecule has 0 aromatic heterocycles. The van der Waals surface area contributed by atoms with Gasteiger partial charge in [-0.25, -0.2) is 0 Å². The van der Waals surface area contributed by atoms with E-state index in [1.807, 2.05) is 30.3 Å². The summed E-state index contributed by atoms with van der Waals surface area (Å²) in [5.41, 5.74) is 1.79. The molecule has 1 amide bonds. The van der Waals surface area contributed by atoms with E-state index in [2.05, 4.69) is 15.1 Å². The number of hydrogen-bond acceptors (Lipinski definition) is 5. The Hall–Kier alpha value is -2.70. The number of carbonyl (C=O) groups is 2. The number of carbonyl (C=O) groups excluding carboxylic acids is 2. The maximum atomic E-state index is 12.4. The lowest BCUT2D eigenvalue weighted by Crippen LogP contribution is -2.50. The largest absolute Gasteiger partial charge is 0.497 e. The predicted octanol–water partition coefficient (Wildman–Crippen LogP) is 1.81. The molecule has 1 fully saturated rings. The topological polar surface area (TPSA) is 61.9 Å². The van der Waals surface area contributed by atoms with Crippen LogP contribution in [0, 0.1) is 0 Å². The average Bonchev–Trinajstić information content (AvgIpc) is 2.74. The lowest BCUT2D eigenvalue weighted by atomic mass is 10.1. The Labute approximate surface area is 166 Å². The molecule has 0 atom stereocenters. The van der Waals surface area contributed by atoms with Crippen LogP contribution in [-0.4, -0.2) is 67.9 Å². The molecule has 0 bridgehead atoms. The van der Waals surface area contributed by atoms with E-state index in [1.165, 1.54) is 0 Å². The number of nitrogens with one attached hydrogen (secondary N) is 1. The summed E-state index contributed by atoms with van der Waals surface area (Å²) in [5, 5.41) is 2.96. The number of amides is 1. The van der Waals surface area contributed by atoms with Crippen LogP contribution < -0.4 is 10.1 Å². The van der Waals surface area contributed by atoms with Gasteiger partial charge >= 0.3 is 0 Å². The zero-order valence-electron chi connectivity index (χ0n) is 16.3. The second-order valence-corrected chi connectivity index (χ2v) is 6.97. The molecule has 1 aliphatic rings. The summed E-state index contributed by atoms with van der Waals surface area (Å²) in [7, 11) is 1.61. The standard InChI is InChI=1S/C22H27N3O3/c1-28-20-9-7-19(8-10-20)21(26)16-24-11-13-25(14-12-24)17-22(27)23-15-18-5-3-2-4-6-18/h2-10H,11-17H2,1H3,(H,23,27). The Kier molecular flexibility index (Phi) is 7.17. The summed E-state index contributed by atoms with van der Waals surface area (Å²) in [6.07, 6.45) is 0. The molecule has 148 valence electrons. The van der Waals surface area contributed by atoms with Crippen molar-refractivity contribution in [2.24, 2.45) is 0 Å². The summed E-state index contributed by atoms with van der Waals surface area (Å²) >= 11 is 0. The third kappa shape index (κ3) is 5.90. The molecule has 3 rings (SSSR count). The molecule has 0 spiro atoms. The molecule has 1 aliphatic heterocycles. The lowest BCUT2D eigenvalue weighted by Gasteiger charge is -2.33. The van der Waals surface area contributed by atoms with Crippen LogP contribution in [0.25, 0.3) is 0 Å². The second kappa shape index (κ2) is 10.0. The Morgan fingerprint density at radius 2 is 1.50 bits per heavy atom. The van der Waals surface area contributed by atoms with Gasteiger partial charge in [-0.1, -0.05) is 30.3 Å². The molecule has 0 saturated carbocycles. The van der Waals surface area contributed by atoms with Crippen molar-refractivity contribution >= 4 is 11.7 Å². The molecule has 1 saturated heterocycles. The van der Waals surface area contributed by atoms with Crippen LogP contribution in [0.2, 0.25) is 0 Å². The van der Waals surface area contributed by atoms with Crippen LogP contribution in [0.15, 0.2) is 54.6 Å². The van der Waals surface area contributed by atoms with E-state index < -0.39 is 0 Å². The summed E-state index contributed by atoms with van der Waals surface area (Å²) in [4.78, 5) is 28.9. The van der Waals surface area contributed by atoms with E-state index in [4.69, 9.17) is 4.74 Å². The summed E-state index contributed by atoms with van der Waals surface area (Å²) < 4.78 is 5.12. The summed E-state index contributed by atoms with van der Waals surface area (Å²) in [6.45, 7) is 4.49. The highest BCUT2D eigenvalue weighted by molar-refractivity contribution is 5.97. The molecular formula is C22H27N3O3. The minimum absolute atomic E-state index is 0.0339. The first-order chi connectivity index (χ1) is 13.6. The van der Waals surface area contributed by atoms with Crippen molar-refractivity contribution in [1.82, 2.24) is 15.1 Å². The molecule has 0 unspecified atom stereocenters. The van der Waals surface area contributed by atoms with E-state index in [0.717, 1.165) is 37.5 Å². The third-order valence-electron chi connectivity index (χ3n) is 4.94. The number of nitrogens with zero attached hydrogens (tertiary/aromatic N) is 2. The Balaban J connectivity index is 1.37. The van der Waals surface area contributed by atoms with Gasteiger partial charge in [0.25, 0.3) is 0 Å². The Morgan fingerprint density at radius 1 is 0.893 bits per heavy atom. The van der Waals surface area contributed by atoms with Gasteiger partial charge in [0.05, 0.1) is 20.2 Å². The highest BCUT2D eigenvalue weighted by Crippen LogP contribution is 2.12. The SMILES string of the molecule is COc1ccc(C(=O)CN2CCN(CC(=O)NCc3ccccc3)CC2)cc1. The van der Waals surface area contributed by atoms with E-state index in [0.29, 0.717) is 25.2 Å². The summed E-state index contributed by atoms with van der Waals surface area (Å²) in [6, 6.07) is 17.1. The molecule has 6 heteroatoms. The van der Waals surface area contributed by atoms with Crippen LogP contribution in [0.3, 0.4) is 0 Å². The first-order valence-electron chi connectivity index (χ1n) is 9.56. The number of piperazine rings is 1. The van der Waals surface area contributed by atoms with E-state index in [9.17, 15) is 9.59 Å². The molecule has 6 nitrogen and oxygen atoms in total. The third-order valence-corrected chi connectivity index (χ3v) is 4.94. The number of benzene rings is 2. The van der Waals surface area contributed by atoms with Crippen LogP contribution in [0.5, 0.6) is 5.75 Å². The van der Waals surface area contributed by atoms with Gasteiger partial charge in [-0.05, 0) is 29.8 Å². The molecule has 2 aromatic rings. The minimum atomic E-state index is 0.0339. The van der Waals surface area contributed by atoms with Crippen molar-refractivity contribution in [3.63, 3.8) is 0 Å². The van der Waals surface area contributed by atoms with Crippen molar-refractivity contribution in [1.29, 1.82) is 0 Å². The van der Waals surface area contributed by atoms with Crippen molar-refractivity contribution in [3.8, 4) is 5.75 Å². The fraction of sp³-hybridized carbons (Fsp3) is 0.364. The quantitative estimate of drug-likeness (QED) is 0.707. The maximum Gasteiger partial charge on any atom is 0.234 e. The van der Waals surface area contributed by atoms with Gasteiger partial charge in [0.15, 0.2) is 5.78 Å². The zero-order chi connectivity index (χ0) is 19.8. The maximum absolute atomic E-state index is 12.4. The number of hydrogen-bond donors (Lipinski definition) is 1. The first-order valence-corrected chi connectivity index (χ1v) is 9.56. The van der Waals surface area contributed by atoms with Crippen molar-refractivity contribution in [2.75, 3.05) is 46.4 Å². The normalized spacial score (nSPS) is 15.2. The number of ether oxygens (including phenoxy) is 1. The van der Waals surface area contributed by atoms with Crippen molar-refractivity contribution in [3.05, 3.63) is 65.7 Å². The van der Waals surface area contributed by atoms with E-state index in [-0.39, 0.29) is 11.7 Å². The number of methoxy groups -OCH3 is 1. The number of rotatable bonds is 8. The lowest BCUT2D eigenvalue weighted by molar-refractivity contribution is -0.122. The highest BCUT2D eigenvalue weighted by atomic mass is 16.5. The Bertz CT molecular complexity index is 769. The van der Waals surface area contributed by atoms with Crippen LogP contribution in [-0.2, 0) is 11.3 Å². The zero-order valence-corrected chi connectivity index (χ0v) is 16.3.